The molecule has 0 fully saturated rings. The molecule has 2 N–H and O–H groups in total. The number of nitrogens with zero attached hydrogens (tertiary/aromatic N) is 2. The number of aromatic nitrogens is 1. The molecule has 4 nitrogen and oxygen atoms in total. The van der Waals surface area contributed by atoms with Gasteiger partial charge in [0.05, 0.1) is 10.7 Å². The Balaban J connectivity index is 2.38. The van der Waals surface area contributed by atoms with Crippen LogP contribution in [0.2, 0.25) is 5.02 Å². The number of nitrogens with two attached hydrogens (primary N) is 1. The lowest BCUT2D eigenvalue weighted by Crippen LogP contribution is -2.04. The van der Waals surface area contributed by atoms with E-state index in [-0.39, 0.29) is 0 Å². The summed E-state index contributed by atoms with van der Waals surface area (Å²) in [6, 6.07) is 10.9. The second-order valence-corrected chi connectivity index (χ2v) is 4.85. The van der Waals surface area contributed by atoms with Crippen LogP contribution in [0.15, 0.2) is 30.3 Å². The van der Waals surface area contributed by atoms with Crippen molar-refractivity contribution in [2.24, 2.45) is 0 Å². The summed E-state index contributed by atoms with van der Waals surface area (Å²) in [5, 5.41) is 9.68. The maximum absolute atomic E-state index is 9.17. The van der Waals surface area contributed by atoms with Gasteiger partial charge in [-0.15, -0.1) is 0 Å². The lowest BCUT2D eigenvalue weighted by Gasteiger charge is -2.12. The summed E-state index contributed by atoms with van der Waals surface area (Å²) in [5.74, 6) is 1.00. The fraction of sp³-hybridized carbons (Fsp3) is 0.267. The van der Waals surface area contributed by atoms with Gasteiger partial charge in [0, 0.05) is 12.6 Å². The molecule has 0 atom stereocenters. The van der Waals surface area contributed by atoms with E-state index >= 15 is 0 Å². The van der Waals surface area contributed by atoms with Crippen LogP contribution in [-0.2, 0) is 6.54 Å². The molecule has 1 aromatic heterocycles. The molecule has 0 amide bonds. The Kier molecular flexibility index (Phi) is 4.54. The molecule has 0 spiro atoms. The third-order valence-electron chi connectivity index (χ3n) is 2.97. The van der Waals surface area contributed by atoms with Crippen LogP contribution in [-0.4, -0.2) is 4.57 Å². The van der Waals surface area contributed by atoms with Gasteiger partial charge < -0.3 is 15.0 Å². The van der Waals surface area contributed by atoms with Gasteiger partial charge in [0.2, 0.25) is 5.88 Å². The zero-order chi connectivity index (χ0) is 14.5. The molecule has 0 aliphatic rings. The largest absolute Gasteiger partial charge is 0.437 e. The van der Waals surface area contributed by atoms with Gasteiger partial charge in [0.15, 0.2) is 0 Å². The highest BCUT2D eigenvalue weighted by atomic mass is 35.5. The highest BCUT2D eigenvalue weighted by Crippen LogP contribution is 2.34. The maximum Gasteiger partial charge on any atom is 0.224 e. The fourth-order valence-corrected chi connectivity index (χ4v) is 2.10. The minimum atomic E-state index is 0.442. The standard InChI is InChI=1S/C15H16ClN3O/c1-2-3-8-19-11(10-17)9-13(18)15(19)20-14-7-5-4-6-12(14)16/h4-7,9H,2-3,8,18H2,1H3. The average Bonchev–Trinajstić information content (AvgIpc) is 2.75. The van der Waals surface area contributed by atoms with Crippen LogP contribution < -0.4 is 10.5 Å². The van der Waals surface area contributed by atoms with Gasteiger partial charge in [-0.1, -0.05) is 37.1 Å². The molecular formula is C15H16ClN3O. The summed E-state index contributed by atoms with van der Waals surface area (Å²) in [7, 11) is 0. The molecule has 0 unspecified atom stereocenters. The minimum Gasteiger partial charge on any atom is -0.437 e. The van der Waals surface area contributed by atoms with E-state index in [9.17, 15) is 0 Å². The number of unbranched alkanes of at least 4 members (excludes halogenated alkanes) is 1. The van der Waals surface area contributed by atoms with Crippen molar-refractivity contribution in [1.29, 1.82) is 5.26 Å². The molecule has 5 heteroatoms. The summed E-state index contributed by atoms with van der Waals surface area (Å²) < 4.78 is 7.60. The topological polar surface area (TPSA) is 64.0 Å². The summed E-state index contributed by atoms with van der Waals surface area (Å²) in [6.45, 7) is 2.78. The molecule has 20 heavy (non-hydrogen) atoms. The Morgan fingerprint density at radius 3 is 2.80 bits per heavy atom. The van der Waals surface area contributed by atoms with Crippen molar-refractivity contribution in [3.05, 3.63) is 41.0 Å². The molecule has 2 aromatic rings. The third kappa shape index (κ3) is 2.89. The summed E-state index contributed by atoms with van der Waals surface area (Å²) in [5.41, 5.74) is 6.89. The molecule has 0 aliphatic heterocycles. The van der Waals surface area contributed by atoms with Crippen LogP contribution in [0.1, 0.15) is 25.5 Å². The second-order valence-electron chi connectivity index (χ2n) is 4.44. The Labute approximate surface area is 123 Å². The van der Waals surface area contributed by atoms with Crippen LogP contribution in [0.25, 0.3) is 0 Å². The quantitative estimate of drug-likeness (QED) is 0.897. The Hall–Kier alpha value is -2.12. The van der Waals surface area contributed by atoms with Crippen molar-refractivity contribution in [2.75, 3.05) is 5.73 Å². The highest BCUT2D eigenvalue weighted by Gasteiger charge is 2.15. The van der Waals surface area contributed by atoms with Gasteiger partial charge >= 0.3 is 0 Å². The first kappa shape index (κ1) is 14.3. The number of nitriles is 1. The number of halogens is 1. The van der Waals surface area contributed by atoms with E-state index in [2.05, 4.69) is 13.0 Å². The number of ether oxygens (including phenoxy) is 1. The summed E-state index contributed by atoms with van der Waals surface area (Å²) in [4.78, 5) is 0. The minimum absolute atomic E-state index is 0.442. The van der Waals surface area contributed by atoms with E-state index < -0.39 is 0 Å². The number of para-hydroxylation sites is 1. The lowest BCUT2D eigenvalue weighted by atomic mass is 10.3. The van der Waals surface area contributed by atoms with Crippen molar-refractivity contribution in [2.45, 2.75) is 26.3 Å². The molecule has 1 aromatic carbocycles. The Bertz CT molecular complexity index is 643. The van der Waals surface area contributed by atoms with E-state index in [4.69, 9.17) is 27.3 Å². The predicted octanol–water partition coefficient (Wildman–Crippen LogP) is 4.19. The Morgan fingerprint density at radius 1 is 1.40 bits per heavy atom. The lowest BCUT2D eigenvalue weighted by molar-refractivity contribution is 0.425. The smallest absolute Gasteiger partial charge is 0.224 e. The SMILES string of the molecule is CCCCn1c(C#N)cc(N)c1Oc1ccccc1Cl. The van der Waals surface area contributed by atoms with E-state index in [1.165, 1.54) is 0 Å². The predicted molar refractivity (Wildman–Crippen MR) is 80.0 cm³/mol. The molecule has 0 saturated heterocycles. The second kappa shape index (κ2) is 6.36. The maximum atomic E-state index is 9.17. The van der Waals surface area contributed by atoms with Gasteiger partial charge in [-0.25, -0.2) is 0 Å². The Morgan fingerprint density at radius 2 is 2.15 bits per heavy atom. The van der Waals surface area contributed by atoms with Crippen molar-refractivity contribution in [3.8, 4) is 17.7 Å². The normalized spacial score (nSPS) is 10.2. The molecule has 1 heterocycles. The van der Waals surface area contributed by atoms with Gasteiger partial charge in [0.1, 0.15) is 17.5 Å². The molecule has 0 aliphatic carbocycles. The first-order chi connectivity index (χ1) is 9.67. The molecular weight excluding hydrogens is 274 g/mol. The summed E-state index contributed by atoms with van der Waals surface area (Å²) >= 11 is 6.08. The number of hydrogen-bond acceptors (Lipinski definition) is 3. The molecule has 104 valence electrons. The molecule has 0 radical (unpaired) electrons. The van der Waals surface area contributed by atoms with Crippen molar-refractivity contribution in [3.63, 3.8) is 0 Å². The van der Waals surface area contributed by atoms with Crippen molar-refractivity contribution in [1.82, 2.24) is 4.57 Å². The number of rotatable bonds is 5. The molecule has 0 saturated carbocycles. The number of hydrogen-bond donors (Lipinski definition) is 1. The van der Waals surface area contributed by atoms with Gasteiger partial charge in [-0.3, -0.25) is 0 Å². The zero-order valence-electron chi connectivity index (χ0n) is 11.3. The van der Waals surface area contributed by atoms with Gasteiger partial charge in [-0.2, -0.15) is 5.26 Å². The van der Waals surface area contributed by atoms with E-state index in [0.29, 0.717) is 34.6 Å². The van der Waals surface area contributed by atoms with Crippen LogP contribution in [0, 0.1) is 11.3 Å². The van der Waals surface area contributed by atoms with Crippen LogP contribution in [0.3, 0.4) is 0 Å². The van der Waals surface area contributed by atoms with Crippen molar-refractivity contribution >= 4 is 17.3 Å². The van der Waals surface area contributed by atoms with E-state index in [0.717, 1.165) is 12.8 Å². The van der Waals surface area contributed by atoms with E-state index in [1.54, 1.807) is 22.8 Å². The fourth-order valence-electron chi connectivity index (χ4n) is 1.93. The van der Waals surface area contributed by atoms with Crippen LogP contribution in [0.4, 0.5) is 5.69 Å². The van der Waals surface area contributed by atoms with Crippen LogP contribution >= 0.6 is 11.6 Å². The molecule has 2 rings (SSSR count). The summed E-state index contributed by atoms with van der Waals surface area (Å²) in [6.07, 6.45) is 1.97. The number of nitrogen functional groups attached to an aromatic ring is 1. The first-order valence-corrected chi connectivity index (χ1v) is 6.86. The monoisotopic (exact) mass is 289 g/mol. The average molecular weight is 290 g/mol. The third-order valence-corrected chi connectivity index (χ3v) is 3.28. The van der Waals surface area contributed by atoms with E-state index in [1.807, 2.05) is 12.1 Å². The van der Waals surface area contributed by atoms with Gasteiger partial charge in [0.25, 0.3) is 0 Å². The number of anilines is 1. The van der Waals surface area contributed by atoms with Gasteiger partial charge in [-0.05, 0) is 18.6 Å². The van der Waals surface area contributed by atoms with Crippen molar-refractivity contribution < 1.29 is 4.74 Å². The number of benzene rings is 1. The highest BCUT2D eigenvalue weighted by molar-refractivity contribution is 6.32. The molecule has 0 bridgehead atoms. The van der Waals surface area contributed by atoms with Crippen LogP contribution in [0.5, 0.6) is 11.6 Å². The first-order valence-electron chi connectivity index (χ1n) is 6.48. The zero-order valence-corrected chi connectivity index (χ0v) is 12.0.